The average Bonchev–Trinajstić information content (AvgIpc) is 2.66. The van der Waals surface area contributed by atoms with Gasteiger partial charge < -0.3 is 9.64 Å². The smallest absolute Gasteiger partial charge is 0.255 e. The van der Waals surface area contributed by atoms with Crippen LogP contribution in [0.25, 0.3) is 10.8 Å². The largest absolute Gasteiger partial charge is 0.493 e. The molecular weight excluding hydrogens is 392 g/mol. The molecule has 26 heavy (non-hydrogen) atoms. The number of pyridine rings is 1. The Balaban J connectivity index is 1.94. The van der Waals surface area contributed by atoms with Crippen LogP contribution in [0.5, 0.6) is 5.75 Å². The predicted octanol–water partition coefficient (Wildman–Crippen LogP) is 5.06. The number of benzene rings is 2. The summed E-state index contributed by atoms with van der Waals surface area (Å²) in [6.45, 7) is 3.20. The van der Waals surface area contributed by atoms with Gasteiger partial charge in [-0.3, -0.25) is 9.78 Å². The van der Waals surface area contributed by atoms with Gasteiger partial charge in [-0.15, -0.1) is 0 Å². The third-order valence-corrected chi connectivity index (χ3v) is 4.59. The minimum absolute atomic E-state index is 0.0758. The van der Waals surface area contributed by atoms with E-state index in [0.717, 1.165) is 33.0 Å². The van der Waals surface area contributed by atoms with Crippen LogP contribution in [0.4, 0.5) is 0 Å². The summed E-state index contributed by atoms with van der Waals surface area (Å²) in [5.41, 5.74) is 1.58. The Bertz CT molecular complexity index is 927. The van der Waals surface area contributed by atoms with E-state index in [4.69, 9.17) is 4.74 Å². The second-order valence-corrected chi connectivity index (χ2v) is 7.08. The summed E-state index contributed by atoms with van der Waals surface area (Å²) in [4.78, 5) is 18.6. The molecule has 0 N–H and O–H groups in total. The van der Waals surface area contributed by atoms with Gasteiger partial charge in [-0.05, 0) is 45.3 Å². The number of aromatic nitrogens is 1. The van der Waals surface area contributed by atoms with Gasteiger partial charge in [0.2, 0.25) is 0 Å². The van der Waals surface area contributed by atoms with Crippen LogP contribution in [0.1, 0.15) is 29.3 Å². The number of carbonyl (C=O) groups is 1. The van der Waals surface area contributed by atoms with E-state index in [1.807, 2.05) is 18.2 Å². The average molecular weight is 413 g/mol. The zero-order valence-electron chi connectivity index (χ0n) is 14.9. The number of hydrogen-bond donors (Lipinski definition) is 0. The van der Waals surface area contributed by atoms with Crippen molar-refractivity contribution < 1.29 is 9.53 Å². The zero-order valence-corrected chi connectivity index (χ0v) is 16.5. The van der Waals surface area contributed by atoms with Gasteiger partial charge in [0.1, 0.15) is 5.75 Å². The molecule has 3 rings (SSSR count). The van der Waals surface area contributed by atoms with Crippen LogP contribution in [0, 0.1) is 0 Å². The Kier molecular flexibility index (Phi) is 5.89. The summed E-state index contributed by atoms with van der Waals surface area (Å²) >= 11 is 3.37. The first-order valence-corrected chi connectivity index (χ1v) is 9.39. The lowest BCUT2D eigenvalue weighted by Crippen LogP contribution is -2.26. The topological polar surface area (TPSA) is 42.4 Å². The molecule has 1 aromatic heterocycles. The Morgan fingerprint density at radius 3 is 2.77 bits per heavy atom. The highest BCUT2D eigenvalue weighted by Crippen LogP contribution is 2.29. The highest BCUT2D eigenvalue weighted by molar-refractivity contribution is 9.10. The van der Waals surface area contributed by atoms with Gasteiger partial charge in [0.25, 0.3) is 5.91 Å². The van der Waals surface area contributed by atoms with Crippen LogP contribution >= 0.6 is 15.9 Å². The van der Waals surface area contributed by atoms with Crippen molar-refractivity contribution in [2.24, 2.45) is 0 Å². The molecule has 0 radical (unpaired) electrons. The van der Waals surface area contributed by atoms with Crippen LogP contribution in [0.3, 0.4) is 0 Å². The van der Waals surface area contributed by atoms with Gasteiger partial charge in [-0.1, -0.05) is 37.3 Å². The van der Waals surface area contributed by atoms with Gasteiger partial charge >= 0.3 is 0 Å². The van der Waals surface area contributed by atoms with E-state index in [1.54, 1.807) is 30.4 Å². The molecular formula is C21H21BrN2O2. The van der Waals surface area contributed by atoms with E-state index in [2.05, 4.69) is 46.0 Å². The van der Waals surface area contributed by atoms with Gasteiger partial charge in [0.05, 0.1) is 12.2 Å². The Morgan fingerprint density at radius 2 is 2.00 bits per heavy atom. The standard InChI is InChI=1S/C21H21BrN2O2/c1-3-10-26-20-9-8-15-6-4-5-7-18(15)19(20)14-24(2)21(25)16-11-17(22)13-23-12-16/h4-9,11-13H,3,10,14H2,1-2H3. The molecule has 0 fully saturated rings. The molecule has 0 aliphatic heterocycles. The number of fused-ring (bicyclic) bond motifs is 1. The minimum Gasteiger partial charge on any atom is -0.493 e. The molecule has 2 aromatic carbocycles. The van der Waals surface area contributed by atoms with Gasteiger partial charge in [0.15, 0.2) is 0 Å². The van der Waals surface area contributed by atoms with Crippen molar-refractivity contribution in [3.63, 3.8) is 0 Å². The van der Waals surface area contributed by atoms with Gasteiger partial charge in [-0.25, -0.2) is 0 Å². The minimum atomic E-state index is -0.0758. The molecule has 0 atom stereocenters. The van der Waals surface area contributed by atoms with E-state index in [9.17, 15) is 4.79 Å². The number of ether oxygens (including phenoxy) is 1. The van der Waals surface area contributed by atoms with E-state index in [0.29, 0.717) is 18.7 Å². The lowest BCUT2D eigenvalue weighted by atomic mass is 10.0. The first kappa shape index (κ1) is 18.4. The Hall–Kier alpha value is -2.40. The first-order chi connectivity index (χ1) is 12.6. The fourth-order valence-corrected chi connectivity index (χ4v) is 3.25. The van der Waals surface area contributed by atoms with Crippen molar-refractivity contribution in [3.8, 4) is 5.75 Å². The van der Waals surface area contributed by atoms with Crippen molar-refractivity contribution in [3.05, 3.63) is 70.5 Å². The summed E-state index contributed by atoms with van der Waals surface area (Å²) in [5, 5.41) is 2.24. The fourth-order valence-electron chi connectivity index (χ4n) is 2.88. The second kappa shape index (κ2) is 8.32. The molecule has 1 heterocycles. The monoisotopic (exact) mass is 412 g/mol. The van der Waals surface area contributed by atoms with Crippen LogP contribution in [-0.4, -0.2) is 29.4 Å². The lowest BCUT2D eigenvalue weighted by Gasteiger charge is -2.21. The second-order valence-electron chi connectivity index (χ2n) is 6.16. The molecule has 0 saturated heterocycles. The van der Waals surface area contributed by atoms with E-state index >= 15 is 0 Å². The van der Waals surface area contributed by atoms with Crippen LogP contribution in [-0.2, 0) is 6.54 Å². The van der Waals surface area contributed by atoms with Crippen LogP contribution in [0.15, 0.2) is 59.3 Å². The molecule has 0 aliphatic carbocycles. The summed E-state index contributed by atoms with van der Waals surface area (Å²) < 4.78 is 6.73. The Labute approximate surface area is 161 Å². The molecule has 3 aromatic rings. The summed E-state index contributed by atoms with van der Waals surface area (Å²) in [7, 11) is 1.80. The fraction of sp³-hybridized carbons (Fsp3) is 0.238. The highest BCUT2D eigenvalue weighted by atomic mass is 79.9. The highest BCUT2D eigenvalue weighted by Gasteiger charge is 2.17. The predicted molar refractivity (Wildman–Crippen MR) is 107 cm³/mol. The summed E-state index contributed by atoms with van der Waals surface area (Å²) in [6, 6.07) is 14.0. The molecule has 134 valence electrons. The third kappa shape index (κ3) is 4.05. The quantitative estimate of drug-likeness (QED) is 0.568. The van der Waals surface area contributed by atoms with Crippen molar-refractivity contribution in [2.75, 3.05) is 13.7 Å². The van der Waals surface area contributed by atoms with Crippen molar-refractivity contribution >= 4 is 32.6 Å². The summed E-state index contributed by atoms with van der Waals surface area (Å²) in [6.07, 6.45) is 4.18. The lowest BCUT2D eigenvalue weighted by molar-refractivity contribution is 0.0784. The number of halogens is 1. The van der Waals surface area contributed by atoms with Crippen LogP contribution in [0.2, 0.25) is 0 Å². The zero-order chi connectivity index (χ0) is 18.5. The van der Waals surface area contributed by atoms with Gasteiger partial charge in [-0.2, -0.15) is 0 Å². The Morgan fingerprint density at radius 1 is 1.19 bits per heavy atom. The molecule has 0 unspecified atom stereocenters. The molecule has 1 amide bonds. The van der Waals surface area contributed by atoms with Crippen molar-refractivity contribution in [1.29, 1.82) is 0 Å². The van der Waals surface area contributed by atoms with E-state index < -0.39 is 0 Å². The molecule has 0 aliphatic rings. The number of carbonyl (C=O) groups excluding carboxylic acids is 1. The number of rotatable bonds is 6. The van der Waals surface area contributed by atoms with Gasteiger partial charge in [0, 0.05) is 36.0 Å². The number of nitrogens with zero attached hydrogens (tertiary/aromatic N) is 2. The SMILES string of the molecule is CCCOc1ccc2ccccc2c1CN(C)C(=O)c1cncc(Br)c1. The molecule has 0 spiro atoms. The van der Waals surface area contributed by atoms with E-state index in [1.165, 1.54) is 0 Å². The normalized spacial score (nSPS) is 10.7. The van der Waals surface area contributed by atoms with Crippen LogP contribution < -0.4 is 4.74 Å². The maximum absolute atomic E-state index is 12.8. The maximum atomic E-state index is 12.8. The molecule has 0 saturated carbocycles. The molecule has 0 bridgehead atoms. The third-order valence-electron chi connectivity index (χ3n) is 4.15. The first-order valence-electron chi connectivity index (χ1n) is 8.59. The number of hydrogen-bond acceptors (Lipinski definition) is 3. The van der Waals surface area contributed by atoms with E-state index in [-0.39, 0.29) is 5.91 Å². The maximum Gasteiger partial charge on any atom is 0.255 e. The number of amides is 1. The molecule has 5 heteroatoms. The van der Waals surface area contributed by atoms with Crippen molar-refractivity contribution in [2.45, 2.75) is 19.9 Å². The summed E-state index contributed by atoms with van der Waals surface area (Å²) in [5.74, 6) is 0.755. The molecule has 4 nitrogen and oxygen atoms in total. The van der Waals surface area contributed by atoms with Crippen molar-refractivity contribution in [1.82, 2.24) is 9.88 Å².